The van der Waals surface area contributed by atoms with Crippen LogP contribution in [0.15, 0.2) is 27.4 Å². The van der Waals surface area contributed by atoms with Gasteiger partial charge < -0.3 is 4.42 Å². The zero-order chi connectivity index (χ0) is 13.5. The van der Waals surface area contributed by atoms with E-state index in [0.29, 0.717) is 17.9 Å². The number of carbonyl (C=O) groups is 1. The van der Waals surface area contributed by atoms with Crippen molar-refractivity contribution in [1.29, 1.82) is 0 Å². The van der Waals surface area contributed by atoms with Crippen molar-refractivity contribution < 1.29 is 22.4 Å². The number of aryl methyl sites for hydroxylation is 1. The average Bonchev–Trinajstić information content (AvgIpc) is 2.28. The number of hydrogen-bond acceptors (Lipinski definition) is 3. The van der Waals surface area contributed by atoms with Gasteiger partial charge in [-0.1, -0.05) is 6.07 Å². The summed E-state index contributed by atoms with van der Waals surface area (Å²) in [6.07, 6.45) is -4.30. The Bertz CT molecular complexity index is 683. The highest BCUT2D eigenvalue weighted by Gasteiger charge is 2.35. The van der Waals surface area contributed by atoms with Crippen LogP contribution in [0.3, 0.4) is 0 Å². The molecule has 0 N–H and O–H groups in total. The number of benzene rings is 1. The van der Waals surface area contributed by atoms with Crippen LogP contribution in [0.25, 0.3) is 11.0 Å². The van der Waals surface area contributed by atoms with Crippen LogP contribution in [-0.2, 0) is 6.18 Å². The largest absolute Gasteiger partial charge is 0.451 e. The van der Waals surface area contributed by atoms with Crippen molar-refractivity contribution in [2.45, 2.75) is 13.1 Å². The number of aldehydes is 1. The van der Waals surface area contributed by atoms with E-state index < -0.39 is 17.4 Å². The molecular formula is C12H7F3O3. The van der Waals surface area contributed by atoms with Gasteiger partial charge in [0, 0.05) is 11.6 Å². The van der Waals surface area contributed by atoms with Crippen molar-refractivity contribution in [3.8, 4) is 0 Å². The lowest BCUT2D eigenvalue weighted by molar-refractivity contribution is -0.152. The van der Waals surface area contributed by atoms with Gasteiger partial charge in [-0.25, -0.2) is 0 Å². The number of carbonyl (C=O) groups excluding carboxylic acids is 1. The third-order valence-electron chi connectivity index (χ3n) is 2.55. The molecule has 3 nitrogen and oxygen atoms in total. The molecule has 1 aromatic carbocycles. The first kappa shape index (κ1) is 12.3. The molecule has 1 aromatic heterocycles. The lowest BCUT2D eigenvalue weighted by Gasteiger charge is -2.08. The quantitative estimate of drug-likeness (QED) is 0.737. The van der Waals surface area contributed by atoms with Crippen molar-refractivity contribution in [2.75, 3.05) is 0 Å². The molecule has 0 aliphatic carbocycles. The Morgan fingerprint density at radius 1 is 1.28 bits per heavy atom. The van der Waals surface area contributed by atoms with Gasteiger partial charge in [0.2, 0.25) is 5.76 Å². The lowest BCUT2D eigenvalue weighted by Crippen LogP contribution is -2.12. The zero-order valence-electron chi connectivity index (χ0n) is 9.17. The number of hydrogen-bond donors (Lipinski definition) is 0. The first-order valence-corrected chi connectivity index (χ1v) is 4.94. The van der Waals surface area contributed by atoms with E-state index in [4.69, 9.17) is 0 Å². The summed E-state index contributed by atoms with van der Waals surface area (Å²) in [5.41, 5.74) is -0.573. The van der Waals surface area contributed by atoms with E-state index in [1.807, 2.05) is 0 Å². The number of halogens is 3. The maximum atomic E-state index is 12.5. The Hall–Kier alpha value is -2.11. The molecule has 0 saturated carbocycles. The van der Waals surface area contributed by atoms with E-state index in [2.05, 4.69) is 4.42 Å². The van der Waals surface area contributed by atoms with Crippen LogP contribution in [0.2, 0.25) is 0 Å². The molecule has 0 unspecified atom stereocenters. The summed E-state index contributed by atoms with van der Waals surface area (Å²) >= 11 is 0. The fraction of sp³-hybridized carbons (Fsp3) is 0.167. The van der Waals surface area contributed by atoms with E-state index in [0.717, 1.165) is 0 Å². The Kier molecular flexibility index (Phi) is 2.73. The van der Waals surface area contributed by atoms with Crippen LogP contribution in [0.4, 0.5) is 13.2 Å². The molecule has 0 radical (unpaired) electrons. The highest BCUT2D eigenvalue weighted by molar-refractivity contribution is 5.97. The first-order chi connectivity index (χ1) is 8.34. The number of fused-ring (bicyclic) bond motifs is 1. The summed E-state index contributed by atoms with van der Waals surface area (Å²) in [5.74, 6) is -1.37. The predicted molar refractivity (Wildman–Crippen MR) is 57.6 cm³/mol. The Morgan fingerprint density at radius 3 is 2.50 bits per heavy atom. The predicted octanol–water partition coefficient (Wildman–Crippen LogP) is 2.93. The van der Waals surface area contributed by atoms with Crippen molar-refractivity contribution in [3.63, 3.8) is 0 Å². The van der Waals surface area contributed by atoms with Crippen LogP contribution in [0, 0.1) is 6.92 Å². The van der Waals surface area contributed by atoms with E-state index in [1.165, 1.54) is 12.1 Å². The lowest BCUT2D eigenvalue weighted by atomic mass is 10.0. The van der Waals surface area contributed by atoms with Crippen molar-refractivity contribution in [2.24, 2.45) is 0 Å². The molecule has 0 amide bonds. The average molecular weight is 256 g/mol. The van der Waals surface area contributed by atoms with Crippen LogP contribution >= 0.6 is 0 Å². The molecule has 0 fully saturated rings. The number of alkyl halides is 3. The zero-order valence-corrected chi connectivity index (χ0v) is 9.17. The van der Waals surface area contributed by atoms with E-state index in [9.17, 15) is 22.8 Å². The summed E-state index contributed by atoms with van der Waals surface area (Å²) in [6.45, 7) is 1.58. The fourth-order valence-corrected chi connectivity index (χ4v) is 1.67. The molecule has 94 valence electrons. The first-order valence-electron chi connectivity index (χ1n) is 4.94. The SMILES string of the molecule is Cc1ccc2oc(C(F)(F)F)cc(=O)c2c1C=O. The van der Waals surface area contributed by atoms with Gasteiger partial charge >= 0.3 is 6.18 Å². The Morgan fingerprint density at radius 2 is 1.94 bits per heavy atom. The molecule has 0 aliphatic rings. The normalized spacial score (nSPS) is 11.8. The summed E-state index contributed by atoms with van der Waals surface area (Å²) in [5, 5.41) is -0.127. The topological polar surface area (TPSA) is 47.3 Å². The Labute approximate surface area is 98.8 Å². The van der Waals surface area contributed by atoms with Gasteiger partial charge in [-0.2, -0.15) is 13.2 Å². The summed E-state index contributed by atoms with van der Waals surface area (Å²) in [7, 11) is 0. The number of rotatable bonds is 1. The van der Waals surface area contributed by atoms with Gasteiger partial charge in [0.25, 0.3) is 0 Å². The van der Waals surface area contributed by atoms with Gasteiger partial charge in [0.05, 0.1) is 5.39 Å². The molecule has 0 bridgehead atoms. The maximum Gasteiger partial charge on any atom is 0.449 e. The molecule has 0 saturated heterocycles. The molecule has 2 aromatic rings. The van der Waals surface area contributed by atoms with Crippen LogP contribution < -0.4 is 5.43 Å². The molecule has 0 spiro atoms. The van der Waals surface area contributed by atoms with Crippen LogP contribution in [0.5, 0.6) is 0 Å². The standard InChI is InChI=1S/C12H7F3O3/c1-6-2-3-9-11(7(6)5-16)8(17)4-10(18-9)12(13,14)15/h2-5H,1H3. The van der Waals surface area contributed by atoms with Gasteiger partial charge in [-0.15, -0.1) is 0 Å². The van der Waals surface area contributed by atoms with E-state index >= 15 is 0 Å². The minimum Gasteiger partial charge on any atom is -0.451 e. The minimum atomic E-state index is -4.74. The molecule has 6 heteroatoms. The van der Waals surface area contributed by atoms with Crippen molar-refractivity contribution >= 4 is 17.3 Å². The van der Waals surface area contributed by atoms with Gasteiger partial charge in [0.1, 0.15) is 5.58 Å². The molecule has 1 heterocycles. The minimum absolute atomic E-state index is 0.0509. The van der Waals surface area contributed by atoms with E-state index in [1.54, 1.807) is 6.92 Å². The second kappa shape index (κ2) is 3.97. The Balaban J connectivity index is 2.90. The van der Waals surface area contributed by atoms with Gasteiger partial charge in [-0.05, 0) is 18.6 Å². The summed E-state index contributed by atoms with van der Waals surface area (Å²) in [4.78, 5) is 22.5. The van der Waals surface area contributed by atoms with Crippen molar-refractivity contribution in [3.05, 3.63) is 45.3 Å². The summed E-state index contributed by atoms with van der Waals surface area (Å²) < 4.78 is 42.0. The molecule has 18 heavy (non-hydrogen) atoms. The monoisotopic (exact) mass is 256 g/mol. The van der Waals surface area contributed by atoms with E-state index in [-0.39, 0.29) is 16.5 Å². The second-order valence-electron chi connectivity index (χ2n) is 3.76. The molecule has 0 atom stereocenters. The summed E-state index contributed by atoms with van der Waals surface area (Å²) in [6, 6.07) is 3.03. The molecule has 0 aliphatic heterocycles. The highest BCUT2D eigenvalue weighted by atomic mass is 19.4. The van der Waals surface area contributed by atoms with Gasteiger partial charge in [0.15, 0.2) is 11.7 Å². The van der Waals surface area contributed by atoms with Crippen LogP contribution in [0.1, 0.15) is 21.7 Å². The smallest absolute Gasteiger partial charge is 0.449 e. The second-order valence-corrected chi connectivity index (χ2v) is 3.76. The van der Waals surface area contributed by atoms with Crippen LogP contribution in [-0.4, -0.2) is 6.29 Å². The van der Waals surface area contributed by atoms with Gasteiger partial charge in [-0.3, -0.25) is 9.59 Å². The maximum absolute atomic E-state index is 12.5. The van der Waals surface area contributed by atoms with Crippen molar-refractivity contribution in [1.82, 2.24) is 0 Å². The molecular weight excluding hydrogens is 249 g/mol. The highest BCUT2D eigenvalue weighted by Crippen LogP contribution is 2.30. The third kappa shape index (κ3) is 1.90. The fourth-order valence-electron chi connectivity index (χ4n) is 1.67. The molecule has 2 rings (SSSR count). The third-order valence-corrected chi connectivity index (χ3v) is 2.55.